The lowest BCUT2D eigenvalue weighted by Crippen LogP contribution is -2.52. The van der Waals surface area contributed by atoms with Crippen LogP contribution in [0.2, 0.25) is 0 Å². The number of carbonyl (C=O) groups excluding carboxylic acids is 1. The van der Waals surface area contributed by atoms with Crippen molar-refractivity contribution in [1.29, 1.82) is 0 Å². The van der Waals surface area contributed by atoms with Crippen molar-refractivity contribution < 1.29 is 9.90 Å². The highest BCUT2D eigenvalue weighted by Gasteiger charge is 2.42. The third-order valence-corrected chi connectivity index (χ3v) is 5.92. The Bertz CT molecular complexity index is 607. The monoisotopic (exact) mass is 358 g/mol. The molecule has 1 aromatic rings. The first-order valence-electron chi connectivity index (χ1n) is 9.97. The van der Waals surface area contributed by atoms with Gasteiger partial charge in [-0.25, -0.2) is 0 Å². The van der Waals surface area contributed by atoms with Gasteiger partial charge in [0.15, 0.2) is 0 Å². The maximum atomic E-state index is 12.8. The molecule has 3 rings (SSSR count). The van der Waals surface area contributed by atoms with Crippen molar-refractivity contribution in [3.05, 3.63) is 35.9 Å². The topological polar surface area (TPSA) is 52.6 Å². The van der Waals surface area contributed by atoms with E-state index in [0.29, 0.717) is 18.5 Å². The summed E-state index contributed by atoms with van der Waals surface area (Å²) in [6, 6.07) is 12.1. The van der Waals surface area contributed by atoms with Gasteiger partial charge in [-0.05, 0) is 51.5 Å². The van der Waals surface area contributed by atoms with E-state index in [1.807, 2.05) is 13.8 Å². The number of aliphatic hydroxyl groups is 1. The Morgan fingerprint density at radius 1 is 1.12 bits per heavy atom. The second kappa shape index (κ2) is 7.32. The fourth-order valence-corrected chi connectivity index (χ4v) is 4.99. The number of fused-ring (bicyclic) bond motifs is 2. The summed E-state index contributed by atoms with van der Waals surface area (Å²) in [7, 11) is 0. The second-order valence-electron chi connectivity index (χ2n) is 9.56. The van der Waals surface area contributed by atoms with Gasteiger partial charge >= 0.3 is 0 Å². The van der Waals surface area contributed by atoms with Gasteiger partial charge in [0, 0.05) is 30.1 Å². The molecule has 0 spiro atoms. The summed E-state index contributed by atoms with van der Waals surface area (Å²) in [6.07, 6.45) is 5.00. The molecule has 2 aliphatic heterocycles. The predicted molar refractivity (Wildman–Crippen MR) is 105 cm³/mol. The smallest absolute Gasteiger partial charge is 0.225 e. The molecular weight excluding hydrogens is 324 g/mol. The standard InChI is InChI=1S/C22H34N2O2/c1-21(2,15-22(3,4)26)20(25)23-17-12-18-10-11-19(13-17)24(18)14-16-8-6-5-7-9-16/h5-9,17-19,26H,10-15H2,1-4H3,(H,23,25). The van der Waals surface area contributed by atoms with E-state index in [0.717, 1.165) is 19.4 Å². The SMILES string of the molecule is CC(C)(O)CC(C)(C)C(=O)NC1CC2CCC(C1)N2Cc1ccccc1. The highest BCUT2D eigenvalue weighted by molar-refractivity contribution is 5.82. The van der Waals surface area contributed by atoms with E-state index in [9.17, 15) is 9.90 Å². The van der Waals surface area contributed by atoms with Crippen LogP contribution in [0.15, 0.2) is 30.3 Å². The minimum atomic E-state index is -0.834. The molecule has 2 saturated heterocycles. The Balaban J connectivity index is 1.58. The average Bonchev–Trinajstić information content (AvgIpc) is 2.76. The van der Waals surface area contributed by atoms with Gasteiger partial charge in [-0.15, -0.1) is 0 Å². The van der Waals surface area contributed by atoms with Crippen LogP contribution in [0.1, 0.15) is 65.4 Å². The molecule has 2 heterocycles. The Labute approximate surface area is 158 Å². The number of nitrogens with zero attached hydrogens (tertiary/aromatic N) is 1. The van der Waals surface area contributed by atoms with E-state index in [1.54, 1.807) is 13.8 Å². The molecule has 0 saturated carbocycles. The van der Waals surface area contributed by atoms with Crippen LogP contribution in [0.4, 0.5) is 0 Å². The van der Waals surface area contributed by atoms with Gasteiger partial charge in [-0.2, -0.15) is 0 Å². The van der Waals surface area contributed by atoms with Gasteiger partial charge in [0.25, 0.3) is 0 Å². The molecule has 2 unspecified atom stereocenters. The van der Waals surface area contributed by atoms with Gasteiger partial charge in [0.1, 0.15) is 0 Å². The van der Waals surface area contributed by atoms with Crippen LogP contribution >= 0.6 is 0 Å². The molecule has 2 aliphatic rings. The zero-order valence-corrected chi connectivity index (χ0v) is 16.7. The normalized spacial score (nSPS) is 26.7. The first kappa shape index (κ1) is 19.4. The maximum Gasteiger partial charge on any atom is 0.225 e. The summed E-state index contributed by atoms with van der Waals surface area (Å²) in [5, 5.41) is 13.4. The van der Waals surface area contributed by atoms with Crippen molar-refractivity contribution in [2.45, 2.75) is 90.1 Å². The van der Waals surface area contributed by atoms with Gasteiger partial charge in [0.2, 0.25) is 5.91 Å². The lowest BCUT2D eigenvalue weighted by Gasteiger charge is -2.40. The molecule has 0 aromatic heterocycles. The molecule has 2 bridgehead atoms. The van der Waals surface area contributed by atoms with Crippen LogP contribution in [-0.2, 0) is 11.3 Å². The van der Waals surface area contributed by atoms with Gasteiger partial charge < -0.3 is 10.4 Å². The highest BCUT2D eigenvalue weighted by Crippen LogP contribution is 2.37. The van der Waals surface area contributed by atoms with Gasteiger partial charge in [0.05, 0.1) is 5.60 Å². The lowest BCUT2D eigenvalue weighted by molar-refractivity contribution is -0.133. The first-order valence-corrected chi connectivity index (χ1v) is 9.97. The van der Waals surface area contributed by atoms with E-state index in [4.69, 9.17) is 0 Å². The maximum absolute atomic E-state index is 12.8. The molecule has 2 N–H and O–H groups in total. The molecule has 2 fully saturated rings. The number of rotatable bonds is 6. The van der Waals surface area contributed by atoms with Crippen LogP contribution in [0.3, 0.4) is 0 Å². The number of hydrogen-bond donors (Lipinski definition) is 2. The van der Waals surface area contributed by atoms with Crippen molar-refractivity contribution in [3.8, 4) is 0 Å². The zero-order valence-electron chi connectivity index (χ0n) is 16.7. The molecule has 0 aliphatic carbocycles. The fourth-order valence-electron chi connectivity index (χ4n) is 4.99. The molecular formula is C22H34N2O2. The van der Waals surface area contributed by atoms with E-state index in [-0.39, 0.29) is 11.9 Å². The molecule has 1 amide bonds. The van der Waals surface area contributed by atoms with Crippen molar-refractivity contribution >= 4 is 5.91 Å². The number of amides is 1. The molecule has 0 radical (unpaired) electrons. The number of piperidine rings is 1. The van der Waals surface area contributed by atoms with Crippen LogP contribution in [-0.4, -0.2) is 39.6 Å². The van der Waals surface area contributed by atoms with E-state index >= 15 is 0 Å². The van der Waals surface area contributed by atoms with Gasteiger partial charge in [-0.3, -0.25) is 9.69 Å². The minimum absolute atomic E-state index is 0.0699. The Kier molecular flexibility index (Phi) is 5.45. The van der Waals surface area contributed by atoms with E-state index in [2.05, 4.69) is 40.5 Å². The van der Waals surface area contributed by atoms with Crippen LogP contribution in [0.25, 0.3) is 0 Å². The second-order valence-corrected chi connectivity index (χ2v) is 9.56. The van der Waals surface area contributed by atoms with Crippen molar-refractivity contribution in [1.82, 2.24) is 10.2 Å². The Morgan fingerprint density at radius 2 is 1.69 bits per heavy atom. The molecule has 144 valence electrons. The first-order chi connectivity index (χ1) is 12.1. The summed E-state index contributed by atoms with van der Waals surface area (Å²) < 4.78 is 0. The van der Waals surface area contributed by atoms with E-state index in [1.165, 1.54) is 18.4 Å². The summed E-state index contributed by atoms with van der Waals surface area (Å²) in [5.41, 5.74) is -0.0182. The van der Waals surface area contributed by atoms with Crippen molar-refractivity contribution in [2.75, 3.05) is 0 Å². The summed E-state index contributed by atoms with van der Waals surface area (Å²) in [4.78, 5) is 15.4. The van der Waals surface area contributed by atoms with E-state index < -0.39 is 11.0 Å². The predicted octanol–water partition coefficient (Wildman–Crippen LogP) is 3.49. The molecule has 4 nitrogen and oxygen atoms in total. The molecule has 26 heavy (non-hydrogen) atoms. The minimum Gasteiger partial charge on any atom is -0.390 e. The largest absolute Gasteiger partial charge is 0.390 e. The third-order valence-electron chi connectivity index (χ3n) is 5.92. The van der Waals surface area contributed by atoms with Crippen molar-refractivity contribution in [3.63, 3.8) is 0 Å². The summed E-state index contributed by atoms with van der Waals surface area (Å²) >= 11 is 0. The van der Waals surface area contributed by atoms with Crippen LogP contribution < -0.4 is 5.32 Å². The Morgan fingerprint density at radius 3 is 2.23 bits per heavy atom. The Hall–Kier alpha value is -1.39. The quantitative estimate of drug-likeness (QED) is 0.818. The highest BCUT2D eigenvalue weighted by atomic mass is 16.3. The van der Waals surface area contributed by atoms with Crippen LogP contribution in [0, 0.1) is 5.41 Å². The average molecular weight is 359 g/mol. The zero-order chi connectivity index (χ0) is 18.9. The molecule has 4 heteroatoms. The summed E-state index contributed by atoms with van der Waals surface area (Å²) in [6.45, 7) is 8.41. The fraction of sp³-hybridized carbons (Fsp3) is 0.682. The number of nitrogens with one attached hydrogen (secondary N) is 1. The number of benzene rings is 1. The van der Waals surface area contributed by atoms with Crippen molar-refractivity contribution in [2.24, 2.45) is 5.41 Å². The summed E-state index contributed by atoms with van der Waals surface area (Å²) in [5.74, 6) is 0.0699. The van der Waals surface area contributed by atoms with Gasteiger partial charge in [-0.1, -0.05) is 44.2 Å². The molecule has 2 atom stereocenters. The third kappa shape index (κ3) is 4.66. The van der Waals surface area contributed by atoms with Crippen LogP contribution in [0.5, 0.6) is 0 Å². The number of hydrogen-bond acceptors (Lipinski definition) is 3. The molecule has 1 aromatic carbocycles. The lowest BCUT2D eigenvalue weighted by atomic mass is 9.80. The number of carbonyl (C=O) groups is 1.